The molecule has 2 aromatic heterocycles. The van der Waals surface area contributed by atoms with Crippen molar-refractivity contribution in [2.45, 2.75) is 40.3 Å². The monoisotopic (exact) mass is 322 g/mol. The first-order valence-electron chi connectivity index (χ1n) is 7.71. The van der Waals surface area contributed by atoms with E-state index < -0.39 is 0 Å². The molecule has 2 heterocycles. The van der Waals surface area contributed by atoms with Gasteiger partial charge < -0.3 is 10.2 Å². The Morgan fingerprint density at radius 3 is 2.68 bits per heavy atom. The quantitative estimate of drug-likeness (QED) is 0.889. The highest BCUT2D eigenvalue weighted by Gasteiger charge is 2.17. The van der Waals surface area contributed by atoms with E-state index in [1.165, 1.54) is 11.3 Å². The van der Waals surface area contributed by atoms with Crippen LogP contribution in [0.3, 0.4) is 0 Å². The van der Waals surface area contributed by atoms with Gasteiger partial charge in [0.2, 0.25) is 0 Å². The summed E-state index contributed by atoms with van der Waals surface area (Å²) in [7, 11) is 4.03. The summed E-state index contributed by atoms with van der Waals surface area (Å²) in [6.45, 7) is 9.97. The fourth-order valence-electron chi connectivity index (χ4n) is 2.20. The molecule has 0 aliphatic rings. The molecule has 0 bridgehead atoms. The summed E-state index contributed by atoms with van der Waals surface area (Å²) < 4.78 is 2.03. The van der Waals surface area contributed by atoms with Gasteiger partial charge in [0, 0.05) is 24.5 Å². The van der Waals surface area contributed by atoms with Crippen LogP contribution < -0.4 is 5.32 Å². The van der Waals surface area contributed by atoms with Gasteiger partial charge >= 0.3 is 0 Å². The van der Waals surface area contributed by atoms with Gasteiger partial charge in [0.15, 0.2) is 0 Å². The van der Waals surface area contributed by atoms with Crippen LogP contribution in [0, 0.1) is 12.8 Å². The largest absolute Gasteiger partial charge is 0.350 e. The number of hydrogen-bond acceptors (Lipinski definition) is 4. The first-order valence-corrected chi connectivity index (χ1v) is 8.52. The molecule has 0 saturated heterocycles. The van der Waals surface area contributed by atoms with Gasteiger partial charge in [0.05, 0.1) is 10.6 Å². The molecule has 22 heavy (non-hydrogen) atoms. The molecule has 2 aromatic rings. The third-order valence-corrected chi connectivity index (χ3v) is 4.96. The van der Waals surface area contributed by atoms with Gasteiger partial charge in [-0.05, 0) is 39.9 Å². The number of likely N-dealkylation sites (N-methyl/N-ethyl adjacent to an activating group) is 1. The predicted molar refractivity (Wildman–Crippen MR) is 92.7 cm³/mol. The van der Waals surface area contributed by atoms with Crippen LogP contribution in [0.2, 0.25) is 0 Å². The predicted octanol–water partition coefficient (Wildman–Crippen LogP) is 2.74. The highest BCUT2D eigenvalue weighted by Crippen LogP contribution is 2.28. The minimum absolute atomic E-state index is 0.00500. The second-order valence-electron chi connectivity index (χ2n) is 6.51. The number of carbonyl (C=O) groups is 1. The molecule has 5 nitrogen and oxygen atoms in total. The third kappa shape index (κ3) is 3.67. The fraction of sp³-hybridized carbons (Fsp3) is 0.625. The van der Waals surface area contributed by atoms with Crippen LogP contribution in [0.25, 0.3) is 10.2 Å². The minimum Gasteiger partial charge on any atom is -0.350 e. The molecule has 6 heteroatoms. The molecule has 1 amide bonds. The lowest BCUT2D eigenvalue weighted by atomic mass is 10.2. The summed E-state index contributed by atoms with van der Waals surface area (Å²) in [6, 6.07) is 2.28. The number of fused-ring (bicyclic) bond motifs is 1. The molecule has 0 spiro atoms. The van der Waals surface area contributed by atoms with Crippen LogP contribution >= 0.6 is 11.3 Å². The summed E-state index contributed by atoms with van der Waals surface area (Å²) in [5, 5.41) is 8.68. The first kappa shape index (κ1) is 17.0. The lowest BCUT2D eigenvalue weighted by Crippen LogP contribution is -2.37. The Labute approximate surface area is 136 Å². The topological polar surface area (TPSA) is 50.2 Å². The van der Waals surface area contributed by atoms with Gasteiger partial charge in [0.1, 0.15) is 4.83 Å². The Morgan fingerprint density at radius 2 is 2.09 bits per heavy atom. The first-order chi connectivity index (χ1) is 10.3. The normalized spacial score (nSPS) is 13.3. The minimum atomic E-state index is 0.00500. The molecule has 122 valence electrons. The van der Waals surface area contributed by atoms with Crippen LogP contribution in [-0.2, 0) is 6.54 Å². The maximum atomic E-state index is 12.3. The van der Waals surface area contributed by atoms with E-state index in [1.54, 1.807) is 0 Å². The molecule has 0 radical (unpaired) electrons. The van der Waals surface area contributed by atoms with Crippen LogP contribution in [0.15, 0.2) is 6.07 Å². The number of amides is 1. The highest BCUT2D eigenvalue weighted by molar-refractivity contribution is 7.20. The lowest BCUT2D eigenvalue weighted by Gasteiger charge is -2.19. The molecule has 1 N–H and O–H groups in total. The SMILES string of the molecule is Cc1nn(CC(C)C)c2sc(C(=O)NCC(C)N(C)C)cc12. The van der Waals surface area contributed by atoms with Crippen molar-refractivity contribution < 1.29 is 4.79 Å². The van der Waals surface area contributed by atoms with Gasteiger partial charge in [-0.2, -0.15) is 5.10 Å². The summed E-state index contributed by atoms with van der Waals surface area (Å²) in [5.74, 6) is 0.535. The molecule has 0 aliphatic carbocycles. The third-order valence-electron chi connectivity index (χ3n) is 3.81. The van der Waals surface area contributed by atoms with Crippen molar-refractivity contribution >= 4 is 27.5 Å². The zero-order valence-corrected chi connectivity index (χ0v) is 15.1. The number of carbonyl (C=O) groups excluding carboxylic acids is 1. The van der Waals surface area contributed by atoms with Crippen molar-refractivity contribution in [3.8, 4) is 0 Å². The fourth-order valence-corrected chi connectivity index (χ4v) is 3.29. The number of aryl methyl sites for hydroxylation is 1. The number of thiophene rings is 1. The summed E-state index contributed by atoms with van der Waals surface area (Å²) >= 11 is 1.53. The number of nitrogens with one attached hydrogen (secondary N) is 1. The van der Waals surface area contributed by atoms with E-state index in [9.17, 15) is 4.79 Å². The molecule has 1 atom stereocenters. The maximum absolute atomic E-state index is 12.3. The lowest BCUT2D eigenvalue weighted by molar-refractivity contribution is 0.0948. The van der Waals surface area contributed by atoms with Crippen molar-refractivity contribution in [3.63, 3.8) is 0 Å². The molecule has 0 aliphatic heterocycles. The smallest absolute Gasteiger partial charge is 0.261 e. The van der Waals surface area contributed by atoms with Crippen molar-refractivity contribution in [1.82, 2.24) is 20.0 Å². The van der Waals surface area contributed by atoms with E-state index in [0.717, 1.165) is 27.3 Å². The number of nitrogens with zero attached hydrogens (tertiary/aromatic N) is 3. The second kappa shape index (κ2) is 6.79. The van der Waals surface area contributed by atoms with Crippen LogP contribution in [-0.4, -0.2) is 47.3 Å². The molecule has 1 unspecified atom stereocenters. The van der Waals surface area contributed by atoms with Crippen LogP contribution in [0.5, 0.6) is 0 Å². The van der Waals surface area contributed by atoms with E-state index in [1.807, 2.05) is 31.8 Å². The van der Waals surface area contributed by atoms with Crippen LogP contribution in [0.4, 0.5) is 0 Å². The summed E-state index contributed by atoms with van der Waals surface area (Å²) in [5.41, 5.74) is 0.993. The van der Waals surface area contributed by atoms with E-state index >= 15 is 0 Å². The molecule has 0 fully saturated rings. The van der Waals surface area contributed by atoms with E-state index in [0.29, 0.717) is 18.5 Å². The van der Waals surface area contributed by atoms with E-state index in [2.05, 4.69) is 36.1 Å². The molecular weight excluding hydrogens is 296 g/mol. The van der Waals surface area contributed by atoms with Crippen molar-refractivity contribution in [2.75, 3.05) is 20.6 Å². The average Bonchev–Trinajstić information content (AvgIpc) is 2.97. The summed E-state index contributed by atoms with van der Waals surface area (Å²) in [4.78, 5) is 16.3. The molecule has 2 rings (SSSR count). The van der Waals surface area contributed by atoms with Crippen LogP contribution in [0.1, 0.15) is 36.1 Å². The number of rotatable bonds is 6. The Balaban J connectivity index is 2.17. The van der Waals surface area contributed by atoms with Gasteiger partial charge in [-0.15, -0.1) is 11.3 Å². The molecule has 0 aromatic carbocycles. The van der Waals surface area contributed by atoms with Gasteiger partial charge in [-0.25, -0.2) is 0 Å². The van der Waals surface area contributed by atoms with E-state index in [4.69, 9.17) is 0 Å². The molecule has 0 saturated carbocycles. The van der Waals surface area contributed by atoms with E-state index in [-0.39, 0.29) is 5.91 Å². The van der Waals surface area contributed by atoms with Gasteiger partial charge in [0.25, 0.3) is 5.91 Å². The Bertz CT molecular complexity index is 656. The Kier molecular flexibility index (Phi) is 5.24. The van der Waals surface area contributed by atoms with Gasteiger partial charge in [-0.1, -0.05) is 13.8 Å². The van der Waals surface area contributed by atoms with Crippen molar-refractivity contribution in [3.05, 3.63) is 16.6 Å². The Hall–Kier alpha value is -1.40. The standard InChI is InChI=1S/C16H26N4OS/c1-10(2)9-20-16-13(12(4)18-20)7-14(22-16)15(21)17-8-11(3)19(5)6/h7,10-11H,8-9H2,1-6H3,(H,17,21). The second-order valence-corrected chi connectivity index (χ2v) is 7.54. The highest BCUT2D eigenvalue weighted by atomic mass is 32.1. The van der Waals surface area contributed by atoms with Crippen molar-refractivity contribution in [1.29, 1.82) is 0 Å². The number of hydrogen-bond donors (Lipinski definition) is 1. The molecular formula is C16H26N4OS. The average molecular weight is 322 g/mol. The zero-order chi connectivity index (χ0) is 16.4. The number of aromatic nitrogens is 2. The summed E-state index contributed by atoms with van der Waals surface area (Å²) in [6.07, 6.45) is 0. The maximum Gasteiger partial charge on any atom is 0.261 e. The van der Waals surface area contributed by atoms with Crippen molar-refractivity contribution in [2.24, 2.45) is 5.92 Å². The zero-order valence-electron chi connectivity index (χ0n) is 14.3. The van der Waals surface area contributed by atoms with Gasteiger partial charge in [-0.3, -0.25) is 9.48 Å². The Morgan fingerprint density at radius 1 is 1.41 bits per heavy atom.